The molecule has 0 saturated carbocycles. The van der Waals surface area contributed by atoms with Crippen LogP contribution in [0.15, 0.2) is 18.3 Å². The van der Waals surface area contributed by atoms with E-state index in [1.807, 2.05) is 0 Å². The van der Waals surface area contributed by atoms with Crippen molar-refractivity contribution in [3.8, 4) is 22.6 Å². The first-order chi connectivity index (χ1) is 9.16. The zero-order valence-corrected chi connectivity index (χ0v) is 10.5. The van der Waals surface area contributed by atoms with E-state index in [4.69, 9.17) is 15.2 Å². The van der Waals surface area contributed by atoms with E-state index >= 15 is 0 Å². The quantitative estimate of drug-likeness (QED) is 0.854. The van der Waals surface area contributed by atoms with Gasteiger partial charge >= 0.3 is 0 Å². The van der Waals surface area contributed by atoms with E-state index in [1.54, 1.807) is 13.1 Å². The van der Waals surface area contributed by atoms with Crippen molar-refractivity contribution < 1.29 is 13.9 Å². The summed E-state index contributed by atoms with van der Waals surface area (Å²) in [5, 5.41) is 4.02. The van der Waals surface area contributed by atoms with Crippen molar-refractivity contribution in [3.05, 3.63) is 24.1 Å². The summed E-state index contributed by atoms with van der Waals surface area (Å²) in [6.07, 6.45) is 2.32. The molecule has 1 aliphatic rings. The number of nitrogens with zero attached hydrogens (tertiary/aromatic N) is 2. The molecule has 19 heavy (non-hydrogen) atoms. The molecule has 2 aromatic rings. The molecule has 0 aliphatic carbocycles. The number of ether oxygens (including phenoxy) is 2. The lowest BCUT2D eigenvalue weighted by atomic mass is 10.1. The summed E-state index contributed by atoms with van der Waals surface area (Å²) in [5.41, 5.74) is 6.79. The van der Waals surface area contributed by atoms with Crippen molar-refractivity contribution in [3.63, 3.8) is 0 Å². The lowest BCUT2D eigenvalue weighted by Gasteiger charge is -2.10. The molecule has 0 fully saturated rings. The van der Waals surface area contributed by atoms with Crippen LogP contribution in [0.4, 0.5) is 10.2 Å². The third-order valence-electron chi connectivity index (χ3n) is 3.11. The second kappa shape index (κ2) is 4.46. The Morgan fingerprint density at radius 2 is 1.89 bits per heavy atom. The fourth-order valence-electron chi connectivity index (χ4n) is 2.04. The molecule has 0 amide bonds. The molecule has 0 unspecified atom stereocenters. The summed E-state index contributed by atoms with van der Waals surface area (Å²) in [7, 11) is 1.71. The third-order valence-corrected chi connectivity index (χ3v) is 3.11. The Labute approximate surface area is 109 Å². The minimum atomic E-state index is -0.399. The largest absolute Gasteiger partial charge is 0.490 e. The number of aryl methyl sites for hydroxylation is 1. The summed E-state index contributed by atoms with van der Waals surface area (Å²) in [6, 6.07) is 2.95. The molecule has 2 heterocycles. The molecule has 2 N–H and O–H groups in total. The minimum absolute atomic E-state index is 0.370. The Bertz CT molecular complexity index is 625. The lowest BCUT2D eigenvalue weighted by molar-refractivity contribution is 0.296. The molecule has 5 nitrogen and oxygen atoms in total. The molecule has 0 radical (unpaired) electrons. The number of nitrogen functional groups attached to an aromatic ring is 1. The smallest absolute Gasteiger partial charge is 0.164 e. The molecule has 0 bridgehead atoms. The Morgan fingerprint density at radius 3 is 2.53 bits per heavy atom. The average Bonchev–Trinajstić information content (AvgIpc) is 2.62. The first-order valence-corrected chi connectivity index (χ1v) is 6.04. The topological polar surface area (TPSA) is 62.3 Å². The van der Waals surface area contributed by atoms with Gasteiger partial charge in [0.15, 0.2) is 11.5 Å². The van der Waals surface area contributed by atoms with Crippen LogP contribution in [0, 0.1) is 5.82 Å². The maximum absolute atomic E-state index is 14.2. The van der Waals surface area contributed by atoms with Gasteiger partial charge in [0.05, 0.1) is 19.4 Å². The summed E-state index contributed by atoms with van der Waals surface area (Å²) in [4.78, 5) is 0. The molecule has 3 rings (SSSR count). The molecule has 1 aliphatic heterocycles. The number of halogens is 1. The van der Waals surface area contributed by atoms with Gasteiger partial charge in [-0.3, -0.25) is 4.68 Å². The molecule has 0 saturated heterocycles. The van der Waals surface area contributed by atoms with Crippen molar-refractivity contribution >= 4 is 5.82 Å². The van der Waals surface area contributed by atoms with Crippen LogP contribution in [0.3, 0.4) is 0 Å². The highest BCUT2D eigenvalue weighted by atomic mass is 19.1. The SMILES string of the molecule is Cn1ncc(-c2cc3c(cc2F)OCCCO3)c1N. The van der Waals surface area contributed by atoms with Crippen molar-refractivity contribution in [2.24, 2.45) is 7.05 Å². The maximum atomic E-state index is 14.2. The average molecular weight is 263 g/mol. The normalized spacial score (nSPS) is 14.2. The van der Waals surface area contributed by atoms with Gasteiger partial charge in [0, 0.05) is 30.7 Å². The fourth-order valence-corrected chi connectivity index (χ4v) is 2.04. The molecular weight excluding hydrogens is 249 g/mol. The Kier molecular flexibility index (Phi) is 2.77. The van der Waals surface area contributed by atoms with Crippen LogP contribution in [0.2, 0.25) is 0 Å². The van der Waals surface area contributed by atoms with Crippen LogP contribution in [0.1, 0.15) is 6.42 Å². The molecular formula is C13H14FN3O2. The number of hydrogen-bond donors (Lipinski definition) is 1. The number of aromatic nitrogens is 2. The van der Waals surface area contributed by atoms with Gasteiger partial charge in [-0.2, -0.15) is 5.10 Å². The molecule has 6 heteroatoms. The van der Waals surface area contributed by atoms with Crippen LogP contribution in [0.25, 0.3) is 11.1 Å². The van der Waals surface area contributed by atoms with Gasteiger partial charge < -0.3 is 15.2 Å². The molecule has 0 atom stereocenters. The number of nitrogens with two attached hydrogens (primary N) is 1. The van der Waals surface area contributed by atoms with Crippen LogP contribution in [-0.4, -0.2) is 23.0 Å². The van der Waals surface area contributed by atoms with E-state index in [2.05, 4.69) is 5.10 Å². The Morgan fingerprint density at radius 1 is 1.21 bits per heavy atom. The van der Waals surface area contributed by atoms with E-state index in [-0.39, 0.29) is 0 Å². The van der Waals surface area contributed by atoms with Crippen LogP contribution < -0.4 is 15.2 Å². The molecule has 100 valence electrons. The van der Waals surface area contributed by atoms with Crippen molar-refractivity contribution in [2.45, 2.75) is 6.42 Å². The molecule has 0 spiro atoms. The van der Waals surface area contributed by atoms with Crippen molar-refractivity contribution in [1.82, 2.24) is 9.78 Å². The van der Waals surface area contributed by atoms with Crippen molar-refractivity contribution in [2.75, 3.05) is 18.9 Å². The maximum Gasteiger partial charge on any atom is 0.164 e. The zero-order chi connectivity index (χ0) is 13.4. The van der Waals surface area contributed by atoms with Gasteiger partial charge in [0.25, 0.3) is 0 Å². The number of anilines is 1. The van der Waals surface area contributed by atoms with Gasteiger partial charge in [-0.15, -0.1) is 0 Å². The van der Waals surface area contributed by atoms with Gasteiger partial charge in [0.1, 0.15) is 11.6 Å². The van der Waals surface area contributed by atoms with Crippen LogP contribution in [0.5, 0.6) is 11.5 Å². The first-order valence-electron chi connectivity index (χ1n) is 6.04. The highest BCUT2D eigenvalue weighted by Gasteiger charge is 2.18. The van der Waals surface area contributed by atoms with E-state index in [1.165, 1.54) is 16.9 Å². The van der Waals surface area contributed by atoms with Gasteiger partial charge in [0.2, 0.25) is 0 Å². The Balaban J connectivity index is 2.12. The standard InChI is InChI=1S/C13H14FN3O2/c1-17-13(15)9(7-16-17)8-5-11-12(6-10(8)14)19-4-2-3-18-11/h5-7H,2-4,15H2,1H3. The van der Waals surface area contributed by atoms with Gasteiger partial charge in [-0.25, -0.2) is 4.39 Å². The first kappa shape index (κ1) is 11.8. The van der Waals surface area contributed by atoms with Crippen molar-refractivity contribution in [1.29, 1.82) is 0 Å². The number of fused-ring (bicyclic) bond motifs is 1. The van der Waals surface area contributed by atoms with E-state index < -0.39 is 5.82 Å². The second-order valence-electron chi connectivity index (χ2n) is 4.40. The highest BCUT2D eigenvalue weighted by molar-refractivity contribution is 5.76. The van der Waals surface area contributed by atoms with Gasteiger partial charge in [-0.05, 0) is 6.07 Å². The summed E-state index contributed by atoms with van der Waals surface area (Å²) >= 11 is 0. The summed E-state index contributed by atoms with van der Waals surface area (Å²) < 4.78 is 26.6. The highest BCUT2D eigenvalue weighted by Crippen LogP contribution is 2.37. The number of hydrogen-bond acceptors (Lipinski definition) is 4. The van der Waals surface area contributed by atoms with E-state index in [0.29, 0.717) is 41.7 Å². The summed E-state index contributed by atoms with van der Waals surface area (Å²) in [5.74, 6) is 0.982. The Hall–Kier alpha value is -2.24. The van der Waals surface area contributed by atoms with E-state index in [0.717, 1.165) is 6.42 Å². The van der Waals surface area contributed by atoms with Crippen LogP contribution in [-0.2, 0) is 7.05 Å². The zero-order valence-electron chi connectivity index (χ0n) is 10.5. The number of rotatable bonds is 1. The minimum Gasteiger partial charge on any atom is -0.490 e. The summed E-state index contributed by atoms with van der Waals surface area (Å²) in [6.45, 7) is 1.08. The lowest BCUT2D eigenvalue weighted by Crippen LogP contribution is -1.99. The predicted molar refractivity (Wildman–Crippen MR) is 68.6 cm³/mol. The molecule has 1 aromatic heterocycles. The fraction of sp³-hybridized carbons (Fsp3) is 0.308. The third kappa shape index (κ3) is 1.99. The predicted octanol–water partition coefficient (Wildman–Crippen LogP) is 1.97. The van der Waals surface area contributed by atoms with Gasteiger partial charge in [-0.1, -0.05) is 0 Å². The molecule has 1 aromatic carbocycles. The van der Waals surface area contributed by atoms with Crippen LogP contribution >= 0.6 is 0 Å². The second-order valence-corrected chi connectivity index (χ2v) is 4.40. The number of benzene rings is 1. The van der Waals surface area contributed by atoms with E-state index in [9.17, 15) is 4.39 Å². The monoisotopic (exact) mass is 263 g/mol.